The molecule has 0 rings (SSSR count). The van der Waals surface area contributed by atoms with E-state index in [4.69, 9.17) is 0 Å². The largest absolute Gasteiger partial charge is 0.466 e. The summed E-state index contributed by atoms with van der Waals surface area (Å²) in [6.07, 6.45) is 0.614. The third kappa shape index (κ3) is 5.40. The summed E-state index contributed by atoms with van der Waals surface area (Å²) in [7, 11) is 1.12. The number of carbonyl (C=O) groups is 2. The van der Waals surface area contributed by atoms with Crippen molar-refractivity contribution in [3.63, 3.8) is 0 Å². The Morgan fingerprint density at radius 1 is 1.50 bits per heavy atom. The van der Waals surface area contributed by atoms with E-state index in [1.807, 2.05) is 0 Å². The van der Waals surface area contributed by atoms with Gasteiger partial charge in [0.15, 0.2) is 0 Å². The third-order valence-electron chi connectivity index (χ3n) is 0.889. The highest BCUT2D eigenvalue weighted by Gasteiger charge is 2.02. The number of methoxy groups -OCH3 is 1. The Bertz CT molecular complexity index is 209. The van der Waals surface area contributed by atoms with Crippen molar-refractivity contribution in [2.45, 2.75) is 6.92 Å². The molecule has 68 valence electrons. The highest BCUT2D eigenvalue weighted by Crippen LogP contribution is 1.97. The topological polar surface area (TPSA) is 52.6 Å². The van der Waals surface area contributed by atoms with Gasteiger partial charge in [0, 0.05) is 6.92 Å². The summed E-state index contributed by atoms with van der Waals surface area (Å²) >= 11 is 0. The zero-order valence-corrected chi connectivity index (χ0v) is 6.80. The van der Waals surface area contributed by atoms with E-state index in [9.17, 15) is 14.0 Å². The molecule has 4 nitrogen and oxygen atoms in total. The minimum Gasteiger partial charge on any atom is -0.466 e. The first-order valence-electron chi connectivity index (χ1n) is 3.13. The molecule has 5 heteroatoms. The van der Waals surface area contributed by atoms with Crippen molar-refractivity contribution in [1.29, 1.82) is 0 Å². The number of carbonyl (C=O) groups excluding carboxylic acids is 2. The van der Waals surface area contributed by atoms with E-state index in [1.54, 1.807) is 0 Å². The fourth-order valence-electron chi connectivity index (χ4n) is 0.399. The van der Waals surface area contributed by atoms with Crippen LogP contribution in [-0.4, -0.2) is 25.7 Å². The maximum Gasteiger partial charge on any atom is 0.333 e. The monoisotopic (exact) mass is 176 g/mol. The first-order valence-corrected chi connectivity index (χ1v) is 3.13. The molecule has 0 fully saturated rings. The molecule has 0 aliphatic heterocycles. The fourth-order valence-corrected chi connectivity index (χ4v) is 0.399. The van der Waals surface area contributed by atoms with E-state index in [0.717, 1.165) is 14.0 Å². The predicted octanol–water partition coefficient (Wildman–Crippen LogP) is 0.576. The van der Waals surface area contributed by atoms with Crippen LogP contribution in [-0.2, 0) is 19.1 Å². The van der Waals surface area contributed by atoms with Crippen molar-refractivity contribution in [3.8, 4) is 0 Å². The molecule has 0 amide bonds. The van der Waals surface area contributed by atoms with Gasteiger partial charge < -0.3 is 9.47 Å². The van der Waals surface area contributed by atoms with E-state index >= 15 is 0 Å². The van der Waals surface area contributed by atoms with Gasteiger partial charge in [0.2, 0.25) is 0 Å². The summed E-state index contributed by atoms with van der Waals surface area (Å²) in [6, 6.07) is 0. The zero-order chi connectivity index (χ0) is 9.56. The highest BCUT2D eigenvalue weighted by atomic mass is 19.1. The average Bonchev–Trinajstić information content (AvgIpc) is 2.00. The second-order valence-electron chi connectivity index (χ2n) is 1.89. The molecule has 0 N–H and O–H groups in total. The van der Waals surface area contributed by atoms with Gasteiger partial charge in [-0.05, 0) is 0 Å². The molecule has 0 aliphatic carbocycles. The summed E-state index contributed by atoms with van der Waals surface area (Å²) in [5.74, 6) is -2.28. The summed E-state index contributed by atoms with van der Waals surface area (Å²) in [4.78, 5) is 20.6. The lowest BCUT2D eigenvalue weighted by molar-refractivity contribution is -0.141. The molecule has 0 bridgehead atoms. The standard InChI is InChI=1S/C7H9FO4/c1-5(9)12-4-6(8)3-7(10)11-2/h3H,4H2,1-2H3/b6-3+. The number of ether oxygens (including phenoxy) is 2. The van der Waals surface area contributed by atoms with Crippen molar-refractivity contribution < 1.29 is 23.5 Å². The van der Waals surface area contributed by atoms with Crippen LogP contribution in [0.5, 0.6) is 0 Å². The van der Waals surface area contributed by atoms with Gasteiger partial charge in [0.25, 0.3) is 0 Å². The van der Waals surface area contributed by atoms with E-state index in [-0.39, 0.29) is 0 Å². The van der Waals surface area contributed by atoms with Gasteiger partial charge in [0.05, 0.1) is 13.2 Å². The van der Waals surface area contributed by atoms with E-state index < -0.39 is 24.4 Å². The Balaban J connectivity index is 3.85. The minimum atomic E-state index is -0.850. The minimum absolute atomic E-state index is 0.537. The van der Waals surface area contributed by atoms with Crippen LogP contribution in [0.2, 0.25) is 0 Å². The van der Waals surface area contributed by atoms with Crippen LogP contribution >= 0.6 is 0 Å². The van der Waals surface area contributed by atoms with Gasteiger partial charge in [-0.1, -0.05) is 0 Å². The molecule has 0 heterocycles. The normalized spacial score (nSPS) is 10.8. The Morgan fingerprint density at radius 2 is 2.08 bits per heavy atom. The van der Waals surface area contributed by atoms with Crippen molar-refractivity contribution in [1.82, 2.24) is 0 Å². The summed E-state index contributed by atoms with van der Waals surface area (Å²) in [5, 5.41) is 0. The van der Waals surface area contributed by atoms with Gasteiger partial charge in [0.1, 0.15) is 12.4 Å². The smallest absolute Gasteiger partial charge is 0.333 e. The van der Waals surface area contributed by atoms with Crippen molar-refractivity contribution in [2.75, 3.05) is 13.7 Å². The number of esters is 2. The Labute approximate surface area is 69.0 Å². The van der Waals surface area contributed by atoms with Crippen LogP contribution in [0.1, 0.15) is 6.92 Å². The van der Waals surface area contributed by atoms with Gasteiger partial charge in [-0.3, -0.25) is 4.79 Å². The maximum absolute atomic E-state index is 12.5. The number of halogens is 1. The summed E-state index contributed by atoms with van der Waals surface area (Å²) in [5.41, 5.74) is 0. The summed E-state index contributed by atoms with van der Waals surface area (Å²) < 4.78 is 20.9. The molecule has 12 heavy (non-hydrogen) atoms. The SMILES string of the molecule is COC(=O)/C=C(/F)COC(C)=O. The number of hydrogen-bond donors (Lipinski definition) is 0. The molecule has 0 aromatic heterocycles. The van der Waals surface area contributed by atoms with E-state index in [1.165, 1.54) is 0 Å². The molecule has 0 unspecified atom stereocenters. The maximum atomic E-state index is 12.5. The van der Waals surface area contributed by atoms with Crippen LogP contribution in [0.3, 0.4) is 0 Å². The zero-order valence-electron chi connectivity index (χ0n) is 6.80. The Hall–Kier alpha value is -1.39. The predicted molar refractivity (Wildman–Crippen MR) is 37.8 cm³/mol. The molecule has 0 saturated heterocycles. The van der Waals surface area contributed by atoms with Crippen molar-refractivity contribution in [2.24, 2.45) is 0 Å². The molecular weight excluding hydrogens is 167 g/mol. The second kappa shape index (κ2) is 5.29. The van der Waals surface area contributed by atoms with Crippen LogP contribution < -0.4 is 0 Å². The van der Waals surface area contributed by atoms with Crippen LogP contribution in [0.4, 0.5) is 4.39 Å². The second-order valence-corrected chi connectivity index (χ2v) is 1.89. The highest BCUT2D eigenvalue weighted by molar-refractivity contribution is 5.82. The molecule has 0 aromatic rings. The van der Waals surface area contributed by atoms with E-state index in [2.05, 4.69) is 9.47 Å². The van der Waals surface area contributed by atoms with E-state index in [0.29, 0.717) is 6.08 Å². The summed E-state index contributed by atoms with van der Waals surface area (Å²) in [6.45, 7) is 0.607. The lowest BCUT2D eigenvalue weighted by atomic mass is 10.5. The quantitative estimate of drug-likeness (QED) is 0.466. The van der Waals surface area contributed by atoms with Crippen molar-refractivity contribution in [3.05, 3.63) is 11.9 Å². The molecule has 0 saturated carbocycles. The van der Waals surface area contributed by atoms with Gasteiger partial charge >= 0.3 is 11.9 Å². The lowest BCUT2D eigenvalue weighted by Gasteiger charge is -1.97. The lowest BCUT2D eigenvalue weighted by Crippen LogP contribution is -2.03. The molecule has 0 radical (unpaired) electrons. The van der Waals surface area contributed by atoms with Crippen molar-refractivity contribution >= 4 is 11.9 Å². The Morgan fingerprint density at radius 3 is 2.50 bits per heavy atom. The molecule has 0 aromatic carbocycles. The van der Waals surface area contributed by atoms with Crippen LogP contribution in [0, 0.1) is 0 Å². The Kier molecular flexibility index (Phi) is 4.67. The number of rotatable bonds is 3. The van der Waals surface area contributed by atoms with Gasteiger partial charge in [-0.25, -0.2) is 9.18 Å². The van der Waals surface area contributed by atoms with Gasteiger partial charge in [-0.2, -0.15) is 0 Å². The molecule has 0 atom stereocenters. The van der Waals surface area contributed by atoms with Gasteiger partial charge in [-0.15, -0.1) is 0 Å². The fraction of sp³-hybridized carbons (Fsp3) is 0.429. The molecule has 0 aliphatic rings. The molecular formula is C7H9FO4. The first-order chi connectivity index (χ1) is 5.56. The number of hydrogen-bond acceptors (Lipinski definition) is 4. The van der Waals surface area contributed by atoms with Crippen LogP contribution in [0.25, 0.3) is 0 Å². The first kappa shape index (κ1) is 10.6. The third-order valence-corrected chi connectivity index (χ3v) is 0.889. The van der Waals surface area contributed by atoms with Crippen LogP contribution in [0.15, 0.2) is 11.9 Å². The molecule has 0 spiro atoms. The average molecular weight is 176 g/mol.